The summed E-state index contributed by atoms with van der Waals surface area (Å²) in [4.78, 5) is 17.6. The third kappa shape index (κ3) is 2.11. The first-order valence-corrected chi connectivity index (χ1v) is 8.46. The Kier molecular flexibility index (Phi) is 3.03. The molecule has 1 amide bonds. The number of benzene rings is 1. The number of sulfonamides is 1. The highest BCUT2D eigenvalue weighted by Gasteiger charge is 2.41. The molecule has 1 aliphatic heterocycles. The highest BCUT2D eigenvalue weighted by molar-refractivity contribution is 7.90. The van der Waals surface area contributed by atoms with E-state index in [9.17, 15) is 13.2 Å². The van der Waals surface area contributed by atoms with Crippen molar-refractivity contribution in [3.63, 3.8) is 0 Å². The highest BCUT2D eigenvalue weighted by atomic mass is 32.2. The second-order valence-corrected chi connectivity index (χ2v) is 7.94. The van der Waals surface area contributed by atoms with Crippen LogP contribution in [0.25, 0.3) is 0 Å². The summed E-state index contributed by atoms with van der Waals surface area (Å²) >= 11 is 1.39. The predicted molar refractivity (Wildman–Crippen MR) is 79.5 cm³/mol. The zero-order valence-electron chi connectivity index (χ0n) is 11.5. The second-order valence-electron chi connectivity index (χ2n) is 4.82. The van der Waals surface area contributed by atoms with E-state index in [0.29, 0.717) is 10.7 Å². The molecule has 0 bridgehead atoms. The molecule has 2 N–H and O–H groups in total. The molecule has 0 radical (unpaired) electrons. The molecule has 0 saturated heterocycles. The first kappa shape index (κ1) is 14.0. The van der Waals surface area contributed by atoms with Crippen molar-refractivity contribution < 1.29 is 13.2 Å². The summed E-state index contributed by atoms with van der Waals surface area (Å²) in [5, 5.41) is 0.600. The van der Waals surface area contributed by atoms with Gasteiger partial charge in [0, 0.05) is 10.6 Å². The van der Waals surface area contributed by atoms with Gasteiger partial charge in [-0.05, 0) is 32.0 Å². The van der Waals surface area contributed by atoms with Crippen LogP contribution in [0.15, 0.2) is 23.1 Å². The van der Waals surface area contributed by atoms with E-state index in [4.69, 9.17) is 5.73 Å². The molecule has 0 spiro atoms. The van der Waals surface area contributed by atoms with Gasteiger partial charge in [-0.3, -0.25) is 4.79 Å². The third-order valence-corrected chi connectivity index (χ3v) is 6.21. The summed E-state index contributed by atoms with van der Waals surface area (Å²) in [7, 11) is -3.85. The van der Waals surface area contributed by atoms with Crippen molar-refractivity contribution in [2.75, 3.05) is 5.73 Å². The van der Waals surface area contributed by atoms with Gasteiger partial charge in [-0.1, -0.05) is 0 Å². The van der Waals surface area contributed by atoms with Crippen molar-refractivity contribution in [2.24, 2.45) is 0 Å². The Morgan fingerprint density at radius 2 is 2.05 bits per heavy atom. The number of nitrogen functional groups attached to an aromatic ring is 1. The van der Waals surface area contributed by atoms with E-state index < -0.39 is 15.9 Å². The molecule has 1 aliphatic rings. The molecule has 8 heteroatoms. The quantitative estimate of drug-likeness (QED) is 0.849. The minimum absolute atomic E-state index is 0.0301. The number of anilines is 1. The van der Waals surface area contributed by atoms with Gasteiger partial charge in [0.05, 0.1) is 17.8 Å². The number of carbonyl (C=O) groups is 1. The Morgan fingerprint density at radius 1 is 1.33 bits per heavy atom. The highest BCUT2D eigenvalue weighted by Crippen LogP contribution is 2.33. The number of nitrogens with two attached hydrogens (primary N) is 1. The van der Waals surface area contributed by atoms with Crippen molar-refractivity contribution in [3.05, 3.63) is 39.3 Å². The number of thiazole rings is 1. The van der Waals surface area contributed by atoms with Crippen LogP contribution in [0.5, 0.6) is 0 Å². The van der Waals surface area contributed by atoms with E-state index in [1.165, 1.54) is 29.5 Å². The van der Waals surface area contributed by atoms with E-state index in [0.717, 1.165) is 14.9 Å². The molecule has 2 heterocycles. The van der Waals surface area contributed by atoms with Crippen LogP contribution >= 0.6 is 11.3 Å². The van der Waals surface area contributed by atoms with Crippen molar-refractivity contribution in [1.29, 1.82) is 0 Å². The topological polar surface area (TPSA) is 93.4 Å². The van der Waals surface area contributed by atoms with Gasteiger partial charge >= 0.3 is 0 Å². The van der Waals surface area contributed by atoms with E-state index in [-0.39, 0.29) is 17.0 Å². The Labute approximate surface area is 126 Å². The van der Waals surface area contributed by atoms with E-state index in [2.05, 4.69) is 4.98 Å². The molecule has 0 fully saturated rings. The molecule has 0 aliphatic carbocycles. The Hall–Kier alpha value is -1.93. The number of aromatic nitrogens is 1. The largest absolute Gasteiger partial charge is 0.399 e. The normalized spacial score (nSPS) is 16.3. The summed E-state index contributed by atoms with van der Waals surface area (Å²) < 4.78 is 25.8. The molecule has 0 unspecified atom stereocenters. The van der Waals surface area contributed by atoms with Gasteiger partial charge in [-0.15, -0.1) is 11.3 Å². The third-order valence-electron chi connectivity index (χ3n) is 3.38. The van der Waals surface area contributed by atoms with Crippen LogP contribution in [0.3, 0.4) is 0 Å². The lowest BCUT2D eigenvalue weighted by Gasteiger charge is -2.12. The lowest BCUT2D eigenvalue weighted by atomic mass is 10.2. The van der Waals surface area contributed by atoms with Gasteiger partial charge < -0.3 is 5.73 Å². The lowest BCUT2D eigenvalue weighted by molar-refractivity contribution is 0.0865. The Morgan fingerprint density at radius 3 is 2.67 bits per heavy atom. The van der Waals surface area contributed by atoms with Crippen molar-refractivity contribution in [1.82, 2.24) is 9.29 Å². The molecule has 110 valence electrons. The first-order chi connectivity index (χ1) is 9.80. The van der Waals surface area contributed by atoms with Crippen LogP contribution in [0.1, 0.15) is 25.9 Å². The van der Waals surface area contributed by atoms with Crippen LogP contribution in [0, 0.1) is 13.8 Å². The fraction of sp³-hybridized carbons (Fsp3) is 0.231. The first-order valence-electron chi connectivity index (χ1n) is 6.20. The monoisotopic (exact) mass is 323 g/mol. The molecule has 6 nitrogen and oxygen atoms in total. The molecule has 1 aromatic heterocycles. The summed E-state index contributed by atoms with van der Waals surface area (Å²) in [6.07, 6.45) is 0. The van der Waals surface area contributed by atoms with Crippen molar-refractivity contribution in [3.8, 4) is 0 Å². The second kappa shape index (κ2) is 4.54. The molecule has 0 atom stereocenters. The number of amides is 1. The molecule has 0 saturated carbocycles. The number of fused-ring (bicyclic) bond motifs is 1. The van der Waals surface area contributed by atoms with Gasteiger partial charge in [-0.2, -0.15) is 0 Å². The SMILES string of the molecule is Cc1nc(CN2C(=O)c3ccc(N)cc3S2(=O)=O)sc1C. The average molecular weight is 323 g/mol. The fourth-order valence-electron chi connectivity index (χ4n) is 2.18. The fourth-order valence-corrected chi connectivity index (χ4v) is 4.75. The number of carbonyl (C=O) groups excluding carboxylic acids is 1. The number of nitrogens with zero attached hydrogens (tertiary/aromatic N) is 2. The summed E-state index contributed by atoms with van der Waals surface area (Å²) in [6.45, 7) is 3.71. The zero-order valence-corrected chi connectivity index (χ0v) is 13.1. The van der Waals surface area contributed by atoms with E-state index in [1.807, 2.05) is 13.8 Å². The number of rotatable bonds is 2. The van der Waals surface area contributed by atoms with Crippen LogP contribution in [-0.4, -0.2) is 23.6 Å². The van der Waals surface area contributed by atoms with Crippen molar-refractivity contribution >= 4 is 33.0 Å². The Bertz CT molecular complexity index is 836. The smallest absolute Gasteiger partial charge is 0.269 e. The summed E-state index contributed by atoms with van der Waals surface area (Å²) in [6, 6.07) is 4.29. The van der Waals surface area contributed by atoms with Gasteiger partial charge in [0.25, 0.3) is 15.9 Å². The number of aryl methyl sites for hydroxylation is 2. The number of hydrogen-bond donors (Lipinski definition) is 1. The zero-order chi connectivity index (χ0) is 15.4. The van der Waals surface area contributed by atoms with Crippen LogP contribution < -0.4 is 5.73 Å². The van der Waals surface area contributed by atoms with E-state index >= 15 is 0 Å². The van der Waals surface area contributed by atoms with Gasteiger partial charge in [-0.25, -0.2) is 17.7 Å². The maximum absolute atomic E-state index is 12.5. The van der Waals surface area contributed by atoms with Gasteiger partial charge in [0.1, 0.15) is 9.90 Å². The standard InChI is InChI=1S/C13H13N3O3S2/c1-7-8(2)20-12(15-7)6-16-13(17)10-4-3-9(14)5-11(10)21(16,18)19/h3-5H,6,14H2,1-2H3. The minimum Gasteiger partial charge on any atom is -0.399 e. The van der Waals surface area contributed by atoms with Gasteiger partial charge in [0.15, 0.2) is 0 Å². The molecule has 1 aromatic carbocycles. The van der Waals surface area contributed by atoms with Crippen LogP contribution in [0.4, 0.5) is 5.69 Å². The molecule has 21 heavy (non-hydrogen) atoms. The average Bonchev–Trinajstić information content (AvgIpc) is 2.81. The maximum atomic E-state index is 12.5. The number of hydrogen-bond acceptors (Lipinski definition) is 6. The van der Waals surface area contributed by atoms with Crippen molar-refractivity contribution in [2.45, 2.75) is 25.3 Å². The lowest BCUT2D eigenvalue weighted by Crippen LogP contribution is -2.29. The summed E-state index contributed by atoms with van der Waals surface area (Å²) in [5.41, 5.74) is 6.94. The molecule has 2 aromatic rings. The van der Waals surface area contributed by atoms with Crippen LogP contribution in [-0.2, 0) is 16.6 Å². The molecular formula is C13H13N3O3S2. The van der Waals surface area contributed by atoms with E-state index in [1.54, 1.807) is 0 Å². The summed E-state index contributed by atoms with van der Waals surface area (Å²) in [5.74, 6) is -0.532. The minimum atomic E-state index is -3.85. The predicted octanol–water partition coefficient (Wildman–Crippen LogP) is 1.69. The molecular weight excluding hydrogens is 310 g/mol. The Balaban J connectivity index is 2.04. The van der Waals surface area contributed by atoms with Gasteiger partial charge in [0.2, 0.25) is 0 Å². The molecule has 3 rings (SSSR count). The van der Waals surface area contributed by atoms with Crippen LogP contribution in [0.2, 0.25) is 0 Å². The maximum Gasteiger partial charge on any atom is 0.269 e.